The van der Waals surface area contributed by atoms with Crippen molar-refractivity contribution < 1.29 is 13.6 Å². The molecule has 1 aliphatic rings. The maximum Gasteiger partial charge on any atom is 0.246 e. The molecule has 0 aliphatic carbocycles. The number of hydrogen-bond acceptors (Lipinski definition) is 2. The van der Waals surface area contributed by atoms with Crippen LogP contribution >= 0.6 is 0 Å². The molecular weight excluding hydrogens is 286 g/mol. The minimum Gasteiger partial charge on any atom is -0.359 e. The fraction of sp³-hybridized carbons (Fsp3) is 0.235. The molecule has 0 aromatic heterocycles. The second-order valence-electron chi connectivity index (χ2n) is 5.33. The summed E-state index contributed by atoms with van der Waals surface area (Å²) in [7, 11) is 0. The second kappa shape index (κ2) is 5.75. The summed E-state index contributed by atoms with van der Waals surface area (Å²) in [6.07, 6.45) is 0.863. The monoisotopic (exact) mass is 302 g/mol. The largest absolute Gasteiger partial charge is 0.359 e. The van der Waals surface area contributed by atoms with Gasteiger partial charge in [0, 0.05) is 12.2 Å². The van der Waals surface area contributed by atoms with Crippen molar-refractivity contribution in [2.24, 2.45) is 0 Å². The zero-order valence-electron chi connectivity index (χ0n) is 12.1. The molecule has 2 aromatic rings. The van der Waals surface area contributed by atoms with E-state index in [-0.39, 0.29) is 0 Å². The number of benzene rings is 2. The average Bonchev–Trinajstić information content (AvgIpc) is 2.94. The van der Waals surface area contributed by atoms with Crippen LogP contribution in [0.5, 0.6) is 0 Å². The van der Waals surface area contributed by atoms with Crippen molar-refractivity contribution in [3.63, 3.8) is 0 Å². The van der Waals surface area contributed by atoms with Crippen LogP contribution in [-0.2, 0) is 11.2 Å². The van der Waals surface area contributed by atoms with E-state index in [0.717, 1.165) is 24.2 Å². The first-order valence-corrected chi connectivity index (χ1v) is 7.17. The SMILES string of the molecule is CC(C(=O)Nc1c(F)cccc1F)N1CCc2ccccc21. The smallest absolute Gasteiger partial charge is 0.246 e. The number of fused-ring (bicyclic) bond motifs is 1. The van der Waals surface area contributed by atoms with Crippen LogP contribution < -0.4 is 10.2 Å². The highest BCUT2D eigenvalue weighted by Gasteiger charge is 2.28. The molecule has 2 aromatic carbocycles. The molecular formula is C17H16F2N2O. The molecule has 1 N–H and O–H groups in total. The molecule has 0 saturated heterocycles. The number of halogens is 2. The minimum atomic E-state index is -0.776. The lowest BCUT2D eigenvalue weighted by molar-refractivity contribution is -0.117. The van der Waals surface area contributed by atoms with E-state index in [9.17, 15) is 13.6 Å². The van der Waals surface area contributed by atoms with Crippen LogP contribution in [0.25, 0.3) is 0 Å². The normalized spacial score (nSPS) is 14.6. The quantitative estimate of drug-likeness (QED) is 0.943. The molecule has 114 valence electrons. The van der Waals surface area contributed by atoms with E-state index < -0.39 is 29.3 Å². The first-order valence-electron chi connectivity index (χ1n) is 7.17. The van der Waals surface area contributed by atoms with Gasteiger partial charge in [-0.05, 0) is 37.1 Å². The van der Waals surface area contributed by atoms with Gasteiger partial charge in [-0.25, -0.2) is 8.78 Å². The third-order valence-corrected chi connectivity index (χ3v) is 3.98. The number of amides is 1. The first kappa shape index (κ1) is 14.5. The number of anilines is 2. The van der Waals surface area contributed by atoms with E-state index in [1.54, 1.807) is 6.92 Å². The van der Waals surface area contributed by atoms with Gasteiger partial charge in [0.15, 0.2) is 0 Å². The number of rotatable bonds is 3. The van der Waals surface area contributed by atoms with Gasteiger partial charge in [-0.3, -0.25) is 4.79 Å². The van der Waals surface area contributed by atoms with Crippen molar-refractivity contribution in [3.8, 4) is 0 Å². The van der Waals surface area contributed by atoms with Crippen LogP contribution in [0.1, 0.15) is 12.5 Å². The van der Waals surface area contributed by atoms with Crippen LogP contribution in [0, 0.1) is 11.6 Å². The van der Waals surface area contributed by atoms with Crippen LogP contribution in [0.2, 0.25) is 0 Å². The Hall–Kier alpha value is -2.43. The molecule has 1 heterocycles. The van der Waals surface area contributed by atoms with E-state index in [0.29, 0.717) is 6.54 Å². The molecule has 22 heavy (non-hydrogen) atoms. The first-order chi connectivity index (χ1) is 10.6. The van der Waals surface area contributed by atoms with Gasteiger partial charge in [0.1, 0.15) is 23.4 Å². The molecule has 1 aliphatic heterocycles. The highest BCUT2D eigenvalue weighted by molar-refractivity contribution is 5.97. The minimum absolute atomic E-state index is 0.396. The van der Waals surface area contributed by atoms with Crippen molar-refractivity contribution in [1.29, 1.82) is 0 Å². The van der Waals surface area contributed by atoms with Crippen molar-refractivity contribution in [1.82, 2.24) is 0 Å². The molecule has 0 radical (unpaired) electrons. The van der Waals surface area contributed by atoms with E-state index in [2.05, 4.69) is 5.32 Å². The van der Waals surface area contributed by atoms with Crippen molar-refractivity contribution in [2.45, 2.75) is 19.4 Å². The Kier molecular flexibility index (Phi) is 3.79. The van der Waals surface area contributed by atoms with Crippen LogP contribution in [0.3, 0.4) is 0 Å². The van der Waals surface area contributed by atoms with E-state index >= 15 is 0 Å². The third-order valence-electron chi connectivity index (χ3n) is 3.98. The molecule has 1 atom stereocenters. The Morgan fingerprint density at radius 3 is 2.55 bits per heavy atom. The van der Waals surface area contributed by atoms with Gasteiger partial charge < -0.3 is 10.2 Å². The Morgan fingerprint density at radius 1 is 1.14 bits per heavy atom. The molecule has 0 spiro atoms. The van der Waals surface area contributed by atoms with Gasteiger partial charge >= 0.3 is 0 Å². The summed E-state index contributed by atoms with van der Waals surface area (Å²) in [5.41, 5.74) is 1.78. The van der Waals surface area contributed by atoms with Gasteiger partial charge in [0.05, 0.1) is 0 Å². The average molecular weight is 302 g/mol. The third kappa shape index (κ3) is 2.54. The zero-order valence-corrected chi connectivity index (χ0v) is 12.1. The molecule has 0 saturated carbocycles. The maximum atomic E-state index is 13.6. The lowest BCUT2D eigenvalue weighted by atomic mass is 10.1. The fourth-order valence-electron chi connectivity index (χ4n) is 2.75. The summed E-state index contributed by atoms with van der Waals surface area (Å²) >= 11 is 0. The van der Waals surface area contributed by atoms with E-state index in [4.69, 9.17) is 0 Å². The Labute approximate surface area is 127 Å². The molecule has 1 unspecified atom stereocenters. The number of nitrogens with one attached hydrogen (secondary N) is 1. The van der Waals surface area contributed by atoms with Crippen LogP contribution in [0.15, 0.2) is 42.5 Å². The lowest BCUT2D eigenvalue weighted by Gasteiger charge is -2.26. The van der Waals surface area contributed by atoms with Gasteiger partial charge in [-0.15, -0.1) is 0 Å². The van der Waals surface area contributed by atoms with Gasteiger partial charge in [-0.1, -0.05) is 24.3 Å². The zero-order chi connectivity index (χ0) is 15.7. The maximum absolute atomic E-state index is 13.6. The van der Waals surface area contributed by atoms with E-state index in [1.165, 1.54) is 11.6 Å². The predicted octanol–water partition coefficient (Wildman–Crippen LogP) is 3.35. The Balaban J connectivity index is 1.79. The summed E-state index contributed by atoms with van der Waals surface area (Å²) in [5, 5.41) is 2.36. The lowest BCUT2D eigenvalue weighted by Crippen LogP contribution is -2.41. The molecule has 1 amide bonds. The molecule has 3 nitrogen and oxygen atoms in total. The summed E-state index contributed by atoms with van der Waals surface area (Å²) in [6.45, 7) is 2.45. The highest BCUT2D eigenvalue weighted by atomic mass is 19.1. The highest BCUT2D eigenvalue weighted by Crippen LogP contribution is 2.29. The summed E-state index contributed by atoms with van der Waals surface area (Å²) in [5.74, 6) is -1.98. The number of carbonyl (C=O) groups is 1. The molecule has 0 bridgehead atoms. The van der Waals surface area contributed by atoms with Gasteiger partial charge in [0.25, 0.3) is 0 Å². The number of hydrogen-bond donors (Lipinski definition) is 1. The summed E-state index contributed by atoms with van der Waals surface area (Å²) in [4.78, 5) is 14.3. The molecule has 0 fully saturated rings. The Bertz CT molecular complexity index is 697. The van der Waals surface area contributed by atoms with Crippen LogP contribution in [0.4, 0.5) is 20.2 Å². The van der Waals surface area contributed by atoms with Crippen molar-refractivity contribution >= 4 is 17.3 Å². The van der Waals surface area contributed by atoms with E-state index in [1.807, 2.05) is 29.2 Å². The fourth-order valence-corrected chi connectivity index (χ4v) is 2.75. The molecule has 3 rings (SSSR count). The molecule has 5 heteroatoms. The number of carbonyl (C=O) groups excluding carboxylic acids is 1. The van der Waals surface area contributed by atoms with Gasteiger partial charge in [-0.2, -0.15) is 0 Å². The van der Waals surface area contributed by atoms with Gasteiger partial charge in [0.2, 0.25) is 5.91 Å². The number of nitrogens with zero attached hydrogens (tertiary/aromatic N) is 1. The van der Waals surface area contributed by atoms with Crippen LogP contribution in [-0.4, -0.2) is 18.5 Å². The van der Waals surface area contributed by atoms with Crippen molar-refractivity contribution in [2.75, 3.05) is 16.8 Å². The van der Waals surface area contributed by atoms with Crippen molar-refractivity contribution in [3.05, 3.63) is 59.7 Å². The Morgan fingerprint density at radius 2 is 1.82 bits per heavy atom. The number of para-hydroxylation sites is 2. The summed E-state index contributed by atoms with van der Waals surface area (Å²) in [6, 6.07) is 10.8. The summed E-state index contributed by atoms with van der Waals surface area (Å²) < 4.78 is 27.2. The second-order valence-corrected chi connectivity index (χ2v) is 5.33. The topological polar surface area (TPSA) is 32.3 Å². The standard InChI is InChI=1S/C17H16F2N2O/c1-11(21-10-9-12-5-2-3-8-15(12)21)17(22)20-16-13(18)6-4-7-14(16)19/h2-8,11H,9-10H2,1H3,(H,20,22). The predicted molar refractivity (Wildman–Crippen MR) is 81.9 cm³/mol.